The maximum absolute atomic E-state index is 11.1. The number of aliphatic hydroxyl groups is 1. The van der Waals surface area contributed by atoms with Crippen molar-refractivity contribution >= 4 is 0 Å². The zero-order valence-electron chi connectivity index (χ0n) is 20.4. The van der Waals surface area contributed by atoms with E-state index in [4.69, 9.17) is 9.47 Å². The highest BCUT2D eigenvalue weighted by Gasteiger charge is 2.31. The van der Waals surface area contributed by atoms with Crippen molar-refractivity contribution in [3.63, 3.8) is 0 Å². The Bertz CT molecular complexity index is 1020. The largest absolute Gasteiger partial charge is 0.494 e. The van der Waals surface area contributed by atoms with E-state index in [0.29, 0.717) is 13.2 Å². The van der Waals surface area contributed by atoms with Crippen LogP contribution < -0.4 is 9.47 Å². The molecule has 0 amide bonds. The van der Waals surface area contributed by atoms with Gasteiger partial charge in [-0.2, -0.15) is 5.10 Å². The maximum atomic E-state index is 11.1. The molecule has 1 fully saturated rings. The second kappa shape index (κ2) is 11.5. The third-order valence-electron chi connectivity index (χ3n) is 6.44. The third kappa shape index (κ3) is 7.34. The molecule has 4 rings (SSSR count). The summed E-state index contributed by atoms with van der Waals surface area (Å²) in [5.74, 6) is 1.72. The van der Waals surface area contributed by atoms with Gasteiger partial charge in [0.15, 0.2) is 0 Å². The molecule has 0 radical (unpaired) electrons. The van der Waals surface area contributed by atoms with Crippen LogP contribution in [0.25, 0.3) is 0 Å². The van der Waals surface area contributed by atoms with E-state index in [2.05, 4.69) is 41.2 Å². The van der Waals surface area contributed by atoms with Crippen molar-refractivity contribution in [1.29, 1.82) is 0 Å². The van der Waals surface area contributed by atoms with Gasteiger partial charge in [-0.25, -0.2) is 0 Å². The quantitative estimate of drug-likeness (QED) is 0.439. The van der Waals surface area contributed by atoms with Crippen molar-refractivity contribution in [2.45, 2.75) is 58.2 Å². The lowest BCUT2D eigenvalue weighted by Gasteiger charge is -2.27. The molecule has 1 saturated heterocycles. The zero-order chi connectivity index (χ0) is 23.8. The van der Waals surface area contributed by atoms with Gasteiger partial charge in [0.1, 0.15) is 18.1 Å². The lowest BCUT2D eigenvalue weighted by atomic mass is 9.96. The number of benzene rings is 2. The first-order valence-corrected chi connectivity index (χ1v) is 12.3. The Hall–Kier alpha value is -2.83. The molecule has 1 aliphatic heterocycles. The number of hydrogen-bond donors (Lipinski definition) is 1. The smallest absolute Gasteiger partial charge is 0.119 e. The van der Waals surface area contributed by atoms with Crippen LogP contribution in [0.15, 0.2) is 60.8 Å². The molecule has 2 aromatic carbocycles. The average Bonchev–Trinajstić information content (AvgIpc) is 3.16. The number of nitrogens with zero attached hydrogens (tertiary/aromatic N) is 3. The van der Waals surface area contributed by atoms with Gasteiger partial charge in [0.05, 0.1) is 17.9 Å². The SMILES string of the molecule is Cc1ccc(OCC2(O)CCCN(Cc3ccc(OCCCn4ccc(C)n4)cc3)CC2)cc1. The highest BCUT2D eigenvalue weighted by Crippen LogP contribution is 2.25. The number of rotatable bonds is 10. The van der Waals surface area contributed by atoms with Crippen molar-refractivity contribution < 1.29 is 14.6 Å². The molecule has 1 aliphatic rings. The lowest BCUT2D eigenvalue weighted by Crippen LogP contribution is -2.37. The number of aryl methyl sites for hydroxylation is 3. The second-order valence-corrected chi connectivity index (χ2v) is 9.52. The Morgan fingerprint density at radius 1 is 0.912 bits per heavy atom. The van der Waals surface area contributed by atoms with Gasteiger partial charge in [-0.15, -0.1) is 0 Å². The monoisotopic (exact) mass is 463 g/mol. The van der Waals surface area contributed by atoms with Crippen molar-refractivity contribution in [2.75, 3.05) is 26.3 Å². The molecule has 182 valence electrons. The minimum Gasteiger partial charge on any atom is -0.494 e. The fourth-order valence-electron chi connectivity index (χ4n) is 4.34. The molecule has 6 heteroatoms. The van der Waals surface area contributed by atoms with E-state index in [1.807, 2.05) is 48.1 Å². The maximum Gasteiger partial charge on any atom is 0.119 e. The summed E-state index contributed by atoms with van der Waals surface area (Å²) in [5, 5.41) is 15.5. The lowest BCUT2D eigenvalue weighted by molar-refractivity contribution is -0.0168. The Morgan fingerprint density at radius 2 is 1.65 bits per heavy atom. The van der Waals surface area contributed by atoms with E-state index in [1.165, 1.54) is 11.1 Å². The van der Waals surface area contributed by atoms with E-state index >= 15 is 0 Å². The van der Waals surface area contributed by atoms with E-state index in [1.54, 1.807) is 0 Å². The van der Waals surface area contributed by atoms with Gasteiger partial charge in [0, 0.05) is 32.3 Å². The van der Waals surface area contributed by atoms with Crippen LogP contribution in [-0.4, -0.2) is 51.7 Å². The van der Waals surface area contributed by atoms with Gasteiger partial charge in [-0.1, -0.05) is 29.8 Å². The minimum absolute atomic E-state index is 0.343. The molecular formula is C28H37N3O3. The molecule has 0 spiro atoms. The van der Waals surface area contributed by atoms with Crippen LogP contribution >= 0.6 is 0 Å². The summed E-state index contributed by atoms with van der Waals surface area (Å²) >= 11 is 0. The molecular weight excluding hydrogens is 426 g/mol. The zero-order valence-corrected chi connectivity index (χ0v) is 20.4. The van der Waals surface area contributed by atoms with Crippen molar-refractivity contribution in [2.24, 2.45) is 0 Å². The second-order valence-electron chi connectivity index (χ2n) is 9.52. The Balaban J connectivity index is 1.19. The molecule has 1 atom stereocenters. The summed E-state index contributed by atoms with van der Waals surface area (Å²) < 4.78 is 13.8. The molecule has 2 heterocycles. The summed E-state index contributed by atoms with van der Waals surface area (Å²) in [6.45, 7) is 8.67. The fraction of sp³-hybridized carbons (Fsp3) is 0.464. The van der Waals surface area contributed by atoms with Gasteiger partial charge in [0.2, 0.25) is 0 Å². The highest BCUT2D eigenvalue weighted by atomic mass is 16.5. The van der Waals surface area contributed by atoms with Gasteiger partial charge >= 0.3 is 0 Å². The molecule has 1 unspecified atom stereocenters. The van der Waals surface area contributed by atoms with Gasteiger partial charge in [0.25, 0.3) is 0 Å². The van der Waals surface area contributed by atoms with E-state index < -0.39 is 5.60 Å². The normalized spacial score (nSPS) is 19.0. The van der Waals surface area contributed by atoms with Crippen LogP contribution in [0.5, 0.6) is 11.5 Å². The Labute approximate surface area is 203 Å². The Kier molecular flexibility index (Phi) is 8.25. The summed E-state index contributed by atoms with van der Waals surface area (Å²) in [5.41, 5.74) is 2.74. The third-order valence-corrected chi connectivity index (χ3v) is 6.44. The van der Waals surface area contributed by atoms with Crippen LogP contribution in [0.1, 0.15) is 42.5 Å². The molecule has 0 saturated carbocycles. The van der Waals surface area contributed by atoms with Crippen LogP contribution in [-0.2, 0) is 13.1 Å². The Morgan fingerprint density at radius 3 is 2.38 bits per heavy atom. The first-order chi connectivity index (χ1) is 16.5. The fourth-order valence-corrected chi connectivity index (χ4v) is 4.34. The summed E-state index contributed by atoms with van der Waals surface area (Å²) in [7, 11) is 0. The molecule has 1 aromatic heterocycles. The van der Waals surface area contributed by atoms with Gasteiger partial charge in [-0.3, -0.25) is 9.58 Å². The van der Waals surface area contributed by atoms with Crippen LogP contribution in [0.3, 0.4) is 0 Å². The molecule has 0 aliphatic carbocycles. The van der Waals surface area contributed by atoms with Crippen molar-refractivity contribution in [1.82, 2.24) is 14.7 Å². The van der Waals surface area contributed by atoms with Crippen LogP contribution in [0.4, 0.5) is 0 Å². The number of aromatic nitrogens is 2. The molecule has 6 nitrogen and oxygen atoms in total. The van der Waals surface area contributed by atoms with Crippen LogP contribution in [0.2, 0.25) is 0 Å². The van der Waals surface area contributed by atoms with Crippen molar-refractivity contribution in [3.05, 3.63) is 77.6 Å². The minimum atomic E-state index is -0.772. The highest BCUT2D eigenvalue weighted by molar-refractivity contribution is 5.27. The predicted octanol–water partition coefficient (Wildman–Crippen LogP) is 4.77. The molecule has 3 aromatic rings. The first-order valence-electron chi connectivity index (χ1n) is 12.3. The van der Waals surface area contributed by atoms with E-state index in [-0.39, 0.29) is 0 Å². The number of ether oxygens (including phenoxy) is 2. The summed E-state index contributed by atoms with van der Waals surface area (Å²) in [6.07, 6.45) is 5.37. The molecule has 34 heavy (non-hydrogen) atoms. The van der Waals surface area contributed by atoms with E-state index in [9.17, 15) is 5.11 Å². The summed E-state index contributed by atoms with van der Waals surface area (Å²) in [4.78, 5) is 2.42. The number of hydrogen-bond acceptors (Lipinski definition) is 5. The average molecular weight is 464 g/mol. The standard InChI is InChI=1S/C28H37N3O3/c1-23-5-9-27(10-6-23)34-22-28(32)14-3-16-30(19-15-28)21-25-7-11-26(12-8-25)33-20-4-17-31-18-13-24(2)29-31/h5-13,18,32H,3-4,14-17,19-22H2,1-2H3. The number of likely N-dealkylation sites (tertiary alicyclic amines) is 1. The van der Waals surface area contributed by atoms with Gasteiger partial charge in [-0.05, 0) is 75.5 Å². The summed E-state index contributed by atoms with van der Waals surface area (Å²) in [6, 6.07) is 18.4. The molecule has 0 bridgehead atoms. The van der Waals surface area contributed by atoms with Gasteiger partial charge < -0.3 is 14.6 Å². The van der Waals surface area contributed by atoms with Crippen molar-refractivity contribution in [3.8, 4) is 11.5 Å². The molecule has 1 N–H and O–H groups in total. The van der Waals surface area contributed by atoms with E-state index in [0.717, 1.165) is 69.1 Å². The first kappa shape index (κ1) is 24.3. The topological polar surface area (TPSA) is 59.8 Å². The van der Waals surface area contributed by atoms with Crippen LogP contribution in [0, 0.1) is 13.8 Å². The predicted molar refractivity (Wildman–Crippen MR) is 134 cm³/mol.